The Morgan fingerprint density at radius 2 is 1.16 bits per heavy atom. The molecule has 0 aromatic heterocycles. The summed E-state index contributed by atoms with van der Waals surface area (Å²) in [6.07, 6.45) is 0.232. The van der Waals surface area contributed by atoms with Gasteiger partial charge in [-0.1, -0.05) is 84.9 Å². The Balaban J connectivity index is 1.67. The van der Waals surface area contributed by atoms with Crippen molar-refractivity contribution in [1.29, 1.82) is 0 Å². The summed E-state index contributed by atoms with van der Waals surface area (Å²) < 4.78 is 5.57. The summed E-state index contributed by atoms with van der Waals surface area (Å²) in [5, 5.41) is 3.57. The highest BCUT2D eigenvalue weighted by atomic mass is 79.9. The third-order valence-corrected chi connectivity index (χ3v) is 11.8. The zero-order valence-electron chi connectivity index (χ0n) is 17.0. The number of esters is 1. The lowest BCUT2D eigenvalue weighted by Gasteiger charge is -2.22. The SMILES string of the molecule is O=C(Cc1ccccc1[P+](Br)(c1ccccc1)c1ccccc1)OCc1ccccc1. The van der Waals surface area contributed by atoms with Gasteiger partial charge < -0.3 is 4.74 Å². The van der Waals surface area contributed by atoms with E-state index in [9.17, 15) is 4.79 Å². The molecule has 154 valence electrons. The Morgan fingerprint density at radius 1 is 0.677 bits per heavy atom. The van der Waals surface area contributed by atoms with Crippen molar-refractivity contribution in [1.82, 2.24) is 0 Å². The molecule has 4 aromatic rings. The highest BCUT2D eigenvalue weighted by Crippen LogP contribution is 2.63. The summed E-state index contributed by atoms with van der Waals surface area (Å²) in [6.45, 7) is 0.286. The van der Waals surface area contributed by atoms with Crippen LogP contribution in [0, 0.1) is 0 Å². The molecule has 0 atom stereocenters. The number of benzene rings is 4. The average molecular weight is 490 g/mol. The molecule has 4 aromatic carbocycles. The molecule has 31 heavy (non-hydrogen) atoms. The van der Waals surface area contributed by atoms with Gasteiger partial charge in [-0.05, 0) is 35.9 Å². The first-order valence-electron chi connectivity index (χ1n) is 10.2. The number of carbonyl (C=O) groups is 1. The molecule has 0 amide bonds. The van der Waals surface area contributed by atoms with Crippen molar-refractivity contribution in [3.8, 4) is 0 Å². The molecule has 0 radical (unpaired) electrons. The molecule has 0 bridgehead atoms. The summed E-state index contributed by atoms with van der Waals surface area (Å²) in [4.78, 5) is 12.7. The molecule has 2 nitrogen and oxygen atoms in total. The molecule has 0 aliphatic rings. The Hall–Kier alpha value is -2.74. The number of halogens is 1. The van der Waals surface area contributed by atoms with E-state index in [0.717, 1.165) is 16.4 Å². The van der Waals surface area contributed by atoms with Gasteiger partial charge in [0.2, 0.25) is 0 Å². The fraction of sp³-hybridized carbons (Fsp3) is 0.0741. The van der Waals surface area contributed by atoms with Crippen LogP contribution in [0.3, 0.4) is 0 Å². The highest BCUT2D eigenvalue weighted by Gasteiger charge is 2.45. The van der Waals surface area contributed by atoms with Crippen LogP contribution in [0.1, 0.15) is 11.1 Å². The monoisotopic (exact) mass is 489 g/mol. The average Bonchev–Trinajstić information content (AvgIpc) is 2.84. The smallest absolute Gasteiger partial charge is 0.310 e. The van der Waals surface area contributed by atoms with E-state index in [4.69, 9.17) is 4.74 Å². The molecule has 0 unspecified atom stereocenters. The van der Waals surface area contributed by atoms with Gasteiger partial charge in [0, 0.05) is 5.56 Å². The van der Waals surface area contributed by atoms with E-state index in [1.54, 1.807) is 0 Å². The maximum Gasteiger partial charge on any atom is 0.310 e. The number of hydrogen-bond donors (Lipinski definition) is 0. The zero-order chi connectivity index (χ0) is 21.5. The molecule has 0 aliphatic heterocycles. The molecular formula is C27H23BrO2P+. The number of rotatable bonds is 7. The maximum atomic E-state index is 12.7. The number of ether oxygens (including phenoxy) is 1. The Labute approximate surface area is 192 Å². The lowest BCUT2D eigenvalue weighted by atomic mass is 10.1. The van der Waals surface area contributed by atoms with Gasteiger partial charge >= 0.3 is 5.97 Å². The van der Waals surface area contributed by atoms with E-state index in [1.165, 1.54) is 10.6 Å². The van der Waals surface area contributed by atoms with Gasteiger partial charge in [0.1, 0.15) is 22.5 Å². The molecule has 4 rings (SSSR count). The minimum absolute atomic E-state index is 0.225. The lowest BCUT2D eigenvalue weighted by molar-refractivity contribution is -0.144. The van der Waals surface area contributed by atoms with E-state index in [2.05, 4.69) is 70.1 Å². The molecular weight excluding hydrogens is 467 g/mol. The standard InChI is InChI=1S/C27H23BrO2P/c28-31(24-15-6-2-7-16-24,25-17-8-3-9-18-25)26-19-11-10-14-23(26)20-27(29)30-21-22-12-4-1-5-13-22/h1-19H,20-21H2/q+1. The second-order valence-corrected chi connectivity index (χ2v) is 13.1. The second kappa shape index (κ2) is 10.0. The zero-order valence-corrected chi connectivity index (χ0v) is 19.5. The topological polar surface area (TPSA) is 26.3 Å². The van der Waals surface area contributed by atoms with Gasteiger partial charge in [-0.3, -0.25) is 4.79 Å². The lowest BCUT2D eigenvalue weighted by Crippen LogP contribution is -2.30. The Kier molecular flexibility index (Phi) is 6.96. The minimum atomic E-state index is -2.09. The van der Waals surface area contributed by atoms with E-state index >= 15 is 0 Å². The first kappa shape index (κ1) is 21.5. The molecule has 4 heteroatoms. The Morgan fingerprint density at radius 3 is 1.74 bits per heavy atom. The fourth-order valence-electron chi connectivity index (χ4n) is 3.60. The van der Waals surface area contributed by atoms with Crippen molar-refractivity contribution in [3.05, 3.63) is 126 Å². The Bertz CT molecular complexity index is 1090. The summed E-state index contributed by atoms with van der Waals surface area (Å²) in [5.41, 5.74) is 1.97. The van der Waals surface area contributed by atoms with Crippen molar-refractivity contribution in [2.75, 3.05) is 0 Å². The second-order valence-electron chi connectivity index (χ2n) is 7.21. The van der Waals surface area contributed by atoms with Crippen molar-refractivity contribution >= 4 is 43.3 Å². The number of carbonyl (C=O) groups excluding carboxylic acids is 1. The maximum absolute atomic E-state index is 12.7. The van der Waals surface area contributed by atoms with Gasteiger partial charge in [0.25, 0.3) is 0 Å². The van der Waals surface area contributed by atoms with Crippen molar-refractivity contribution in [3.63, 3.8) is 0 Å². The highest BCUT2D eigenvalue weighted by molar-refractivity contribution is 9.44. The molecule has 0 heterocycles. The molecule has 0 saturated carbocycles. The van der Waals surface area contributed by atoms with Crippen LogP contribution in [0.25, 0.3) is 0 Å². The largest absolute Gasteiger partial charge is 0.461 e. The van der Waals surface area contributed by atoms with Gasteiger partial charge in [-0.15, -0.1) is 0 Å². The fourth-order valence-corrected chi connectivity index (χ4v) is 8.92. The van der Waals surface area contributed by atoms with Gasteiger partial charge in [-0.25, -0.2) is 0 Å². The molecule has 0 aliphatic carbocycles. The summed E-state index contributed by atoms with van der Waals surface area (Å²) in [6, 6.07) is 38.8. The minimum Gasteiger partial charge on any atom is -0.461 e. The van der Waals surface area contributed by atoms with E-state index in [0.29, 0.717) is 0 Å². The van der Waals surface area contributed by atoms with Crippen LogP contribution in [-0.2, 0) is 22.6 Å². The van der Waals surface area contributed by atoms with Gasteiger partial charge in [0.15, 0.2) is 21.5 Å². The first-order valence-corrected chi connectivity index (χ1v) is 14.0. The van der Waals surface area contributed by atoms with Crippen LogP contribution in [0.4, 0.5) is 0 Å². The first-order chi connectivity index (χ1) is 15.2. The summed E-state index contributed by atoms with van der Waals surface area (Å²) >= 11 is 4.19. The number of hydrogen-bond acceptors (Lipinski definition) is 2. The van der Waals surface area contributed by atoms with E-state index in [-0.39, 0.29) is 19.0 Å². The third-order valence-electron chi connectivity index (χ3n) is 5.12. The van der Waals surface area contributed by atoms with E-state index < -0.39 is 5.96 Å². The van der Waals surface area contributed by atoms with E-state index in [1.807, 2.05) is 60.7 Å². The predicted octanol–water partition coefficient (Wildman–Crippen LogP) is 5.58. The predicted molar refractivity (Wildman–Crippen MR) is 134 cm³/mol. The molecule has 0 N–H and O–H groups in total. The molecule has 0 spiro atoms. The van der Waals surface area contributed by atoms with Crippen LogP contribution in [0.2, 0.25) is 0 Å². The quantitative estimate of drug-likeness (QED) is 0.250. The molecule has 0 fully saturated rings. The molecule has 0 saturated heterocycles. The van der Waals surface area contributed by atoms with Gasteiger partial charge in [-0.2, -0.15) is 0 Å². The summed E-state index contributed by atoms with van der Waals surface area (Å²) in [5.74, 6) is -2.32. The normalized spacial score (nSPS) is 11.1. The van der Waals surface area contributed by atoms with Crippen molar-refractivity contribution in [2.24, 2.45) is 0 Å². The van der Waals surface area contributed by atoms with Gasteiger partial charge in [0.05, 0.1) is 6.42 Å². The van der Waals surface area contributed by atoms with Crippen molar-refractivity contribution in [2.45, 2.75) is 13.0 Å². The summed E-state index contributed by atoms with van der Waals surface area (Å²) in [7, 11) is 0. The van der Waals surface area contributed by atoms with Crippen LogP contribution in [-0.4, -0.2) is 5.97 Å². The van der Waals surface area contributed by atoms with Crippen molar-refractivity contribution < 1.29 is 9.53 Å². The van der Waals surface area contributed by atoms with Crippen LogP contribution >= 0.6 is 21.5 Å². The van der Waals surface area contributed by atoms with Crippen LogP contribution < -0.4 is 15.9 Å². The van der Waals surface area contributed by atoms with Crippen LogP contribution in [0.15, 0.2) is 115 Å². The van der Waals surface area contributed by atoms with Crippen LogP contribution in [0.5, 0.6) is 0 Å². The third kappa shape index (κ3) is 4.95.